The molecule has 0 aliphatic heterocycles. The number of amides is 1. The zero-order chi connectivity index (χ0) is 19.0. The number of carbonyl (C=O) groups excluding carboxylic acids is 1. The molecule has 1 aromatic carbocycles. The number of carbonyl (C=O) groups is 1. The van der Waals surface area contributed by atoms with Crippen LogP contribution >= 0.6 is 11.3 Å². The summed E-state index contributed by atoms with van der Waals surface area (Å²) in [5.41, 5.74) is 5.39. The number of ether oxygens (including phenoxy) is 1. The minimum absolute atomic E-state index is 0.0529. The first-order chi connectivity index (χ1) is 13.0. The van der Waals surface area contributed by atoms with Crippen molar-refractivity contribution in [2.75, 3.05) is 7.11 Å². The number of hydrogen-bond donors (Lipinski definition) is 1. The molecule has 0 saturated carbocycles. The first kappa shape index (κ1) is 17.7. The molecular weight excluding hydrogens is 360 g/mol. The molecule has 0 saturated heterocycles. The number of nitrogens with zero attached hydrogens (tertiary/aromatic N) is 3. The van der Waals surface area contributed by atoms with E-state index in [1.807, 2.05) is 35.1 Å². The summed E-state index contributed by atoms with van der Waals surface area (Å²) in [4.78, 5) is 16.7. The maximum Gasteiger partial charge on any atom is 0.271 e. The van der Waals surface area contributed by atoms with Gasteiger partial charge in [0.15, 0.2) is 0 Å². The molecule has 4 rings (SSSR count). The largest absolute Gasteiger partial charge is 0.497 e. The summed E-state index contributed by atoms with van der Waals surface area (Å²) >= 11 is 1.42. The Morgan fingerprint density at radius 3 is 2.78 bits per heavy atom. The van der Waals surface area contributed by atoms with Gasteiger partial charge < -0.3 is 10.1 Å². The van der Waals surface area contributed by atoms with Crippen LogP contribution in [-0.2, 0) is 6.42 Å². The lowest BCUT2D eigenvalue weighted by Crippen LogP contribution is -2.36. The molecule has 1 atom stereocenters. The van der Waals surface area contributed by atoms with E-state index in [1.165, 1.54) is 11.3 Å². The van der Waals surface area contributed by atoms with Crippen LogP contribution in [0.4, 0.5) is 0 Å². The van der Waals surface area contributed by atoms with E-state index in [1.54, 1.807) is 18.0 Å². The van der Waals surface area contributed by atoms with Gasteiger partial charge in [-0.3, -0.25) is 4.79 Å². The summed E-state index contributed by atoms with van der Waals surface area (Å²) in [7, 11) is 1.66. The van der Waals surface area contributed by atoms with Crippen LogP contribution in [0.25, 0.3) is 5.69 Å². The molecule has 0 bridgehead atoms. The highest BCUT2D eigenvalue weighted by atomic mass is 32.1. The molecule has 2 heterocycles. The summed E-state index contributed by atoms with van der Waals surface area (Å²) in [5.74, 6) is 0.676. The Labute approximate surface area is 162 Å². The van der Waals surface area contributed by atoms with Crippen LogP contribution < -0.4 is 10.1 Å². The Morgan fingerprint density at radius 2 is 2.11 bits per heavy atom. The van der Waals surface area contributed by atoms with Gasteiger partial charge in [0.05, 0.1) is 36.2 Å². The maximum absolute atomic E-state index is 12.5. The van der Waals surface area contributed by atoms with Crippen molar-refractivity contribution in [2.45, 2.75) is 32.7 Å². The first-order valence-electron chi connectivity index (χ1n) is 8.87. The van der Waals surface area contributed by atoms with E-state index in [2.05, 4.69) is 29.2 Å². The summed E-state index contributed by atoms with van der Waals surface area (Å²) in [6, 6.07) is 7.77. The van der Waals surface area contributed by atoms with Crippen molar-refractivity contribution in [3.63, 3.8) is 0 Å². The average molecular weight is 382 g/mol. The predicted molar refractivity (Wildman–Crippen MR) is 105 cm³/mol. The number of fused-ring (bicyclic) bond motifs is 1. The fourth-order valence-corrected chi connectivity index (χ4v) is 4.21. The fourth-order valence-electron chi connectivity index (χ4n) is 3.67. The second kappa shape index (κ2) is 6.81. The van der Waals surface area contributed by atoms with Crippen molar-refractivity contribution in [1.82, 2.24) is 20.1 Å². The number of benzene rings is 1. The van der Waals surface area contributed by atoms with Gasteiger partial charge in [-0.2, -0.15) is 5.10 Å². The van der Waals surface area contributed by atoms with Crippen molar-refractivity contribution in [3.8, 4) is 11.4 Å². The van der Waals surface area contributed by atoms with Crippen LogP contribution in [0.2, 0.25) is 0 Å². The lowest BCUT2D eigenvalue weighted by molar-refractivity contribution is 0.0915. The summed E-state index contributed by atoms with van der Waals surface area (Å²) in [6.45, 7) is 4.45. The van der Waals surface area contributed by atoms with Crippen molar-refractivity contribution >= 4 is 17.2 Å². The molecule has 0 unspecified atom stereocenters. The molecule has 1 aliphatic rings. The van der Waals surface area contributed by atoms with E-state index < -0.39 is 0 Å². The monoisotopic (exact) mass is 382 g/mol. The number of rotatable bonds is 4. The molecule has 140 valence electrons. The molecule has 7 heteroatoms. The van der Waals surface area contributed by atoms with Crippen LogP contribution in [0.15, 0.2) is 41.4 Å². The third-order valence-corrected chi connectivity index (χ3v) is 5.55. The zero-order valence-electron chi connectivity index (χ0n) is 15.6. The standard InChI is InChI=1S/C20H22N4O2S/c1-20(2)8-16(23-19(25)17-11-27-12-21-17)15-10-22-24(18(15)9-20)13-4-6-14(26-3)7-5-13/h4-7,10-12,16H,8-9H2,1-3H3,(H,23,25)/t16-/m1/s1. The first-order valence-corrected chi connectivity index (χ1v) is 9.81. The molecule has 6 nitrogen and oxygen atoms in total. The number of methoxy groups -OCH3 is 1. The number of nitrogens with one attached hydrogen (secondary N) is 1. The summed E-state index contributed by atoms with van der Waals surface area (Å²) < 4.78 is 7.22. The minimum Gasteiger partial charge on any atom is -0.497 e. The highest BCUT2D eigenvalue weighted by molar-refractivity contribution is 7.07. The molecule has 2 aromatic heterocycles. The van der Waals surface area contributed by atoms with Gasteiger partial charge in [-0.25, -0.2) is 9.67 Å². The van der Waals surface area contributed by atoms with Gasteiger partial charge in [-0.05, 0) is 42.5 Å². The van der Waals surface area contributed by atoms with Crippen LogP contribution in [0.3, 0.4) is 0 Å². The van der Waals surface area contributed by atoms with Crippen molar-refractivity contribution in [3.05, 3.63) is 58.3 Å². The third kappa shape index (κ3) is 3.47. The van der Waals surface area contributed by atoms with E-state index in [9.17, 15) is 4.79 Å². The second-order valence-corrected chi connectivity index (χ2v) is 8.32. The zero-order valence-corrected chi connectivity index (χ0v) is 16.4. The lowest BCUT2D eigenvalue weighted by atomic mass is 9.74. The smallest absolute Gasteiger partial charge is 0.271 e. The van der Waals surface area contributed by atoms with Crippen LogP contribution in [0.5, 0.6) is 5.75 Å². The SMILES string of the molecule is COc1ccc(-n2ncc3c2CC(C)(C)C[C@H]3NC(=O)c2cscn2)cc1. The van der Waals surface area contributed by atoms with Crippen molar-refractivity contribution in [1.29, 1.82) is 0 Å². The Kier molecular flexibility index (Phi) is 4.47. The summed E-state index contributed by atoms with van der Waals surface area (Å²) in [6.07, 6.45) is 3.64. The Morgan fingerprint density at radius 1 is 1.33 bits per heavy atom. The highest BCUT2D eigenvalue weighted by Crippen LogP contribution is 2.41. The third-order valence-electron chi connectivity index (χ3n) is 4.97. The molecule has 1 N–H and O–H groups in total. The number of aromatic nitrogens is 3. The van der Waals surface area contributed by atoms with Crippen molar-refractivity contribution in [2.24, 2.45) is 5.41 Å². The second-order valence-electron chi connectivity index (χ2n) is 7.60. The fraction of sp³-hybridized carbons (Fsp3) is 0.350. The van der Waals surface area contributed by atoms with Gasteiger partial charge in [-0.15, -0.1) is 11.3 Å². The van der Waals surface area contributed by atoms with E-state index in [-0.39, 0.29) is 17.4 Å². The Bertz CT molecular complexity index is 945. The number of thiazole rings is 1. The molecule has 1 amide bonds. The van der Waals surface area contributed by atoms with Gasteiger partial charge in [0.2, 0.25) is 0 Å². The van der Waals surface area contributed by atoms with E-state index in [4.69, 9.17) is 4.74 Å². The summed E-state index contributed by atoms with van der Waals surface area (Å²) in [5, 5.41) is 9.54. The molecule has 0 spiro atoms. The van der Waals surface area contributed by atoms with Gasteiger partial charge in [0.1, 0.15) is 11.4 Å². The Hall–Kier alpha value is -2.67. The molecule has 0 fully saturated rings. The van der Waals surface area contributed by atoms with Gasteiger partial charge in [-0.1, -0.05) is 13.8 Å². The molecule has 1 aliphatic carbocycles. The Balaban J connectivity index is 1.67. The lowest BCUT2D eigenvalue weighted by Gasteiger charge is -2.35. The minimum atomic E-state index is -0.137. The topological polar surface area (TPSA) is 69.0 Å². The maximum atomic E-state index is 12.5. The van der Waals surface area contributed by atoms with Gasteiger partial charge >= 0.3 is 0 Å². The van der Waals surface area contributed by atoms with Gasteiger partial charge in [0, 0.05) is 10.9 Å². The van der Waals surface area contributed by atoms with Gasteiger partial charge in [0.25, 0.3) is 5.91 Å². The van der Waals surface area contributed by atoms with Crippen molar-refractivity contribution < 1.29 is 9.53 Å². The van der Waals surface area contributed by atoms with Crippen LogP contribution in [-0.4, -0.2) is 27.8 Å². The normalized spacial score (nSPS) is 18.0. The van der Waals surface area contributed by atoms with E-state index in [0.29, 0.717) is 5.69 Å². The van der Waals surface area contributed by atoms with E-state index in [0.717, 1.165) is 35.5 Å². The predicted octanol–water partition coefficient (Wildman–Crippen LogP) is 3.78. The van der Waals surface area contributed by atoms with E-state index >= 15 is 0 Å². The molecule has 27 heavy (non-hydrogen) atoms. The van der Waals surface area contributed by atoms with Crippen LogP contribution in [0, 0.1) is 5.41 Å². The quantitative estimate of drug-likeness (QED) is 0.746. The highest BCUT2D eigenvalue weighted by Gasteiger charge is 2.36. The average Bonchev–Trinajstić information content (AvgIpc) is 3.31. The van der Waals surface area contributed by atoms with Crippen LogP contribution in [0.1, 0.15) is 48.1 Å². The number of hydrogen-bond acceptors (Lipinski definition) is 5. The molecule has 0 radical (unpaired) electrons. The molecule has 3 aromatic rings. The molecular formula is C20H22N4O2S.